The van der Waals surface area contributed by atoms with E-state index in [0.717, 1.165) is 19.3 Å². The number of nitrogens with one attached hydrogen (secondary N) is 2. The van der Waals surface area contributed by atoms with Crippen LogP contribution in [0, 0.1) is 11.7 Å². The van der Waals surface area contributed by atoms with E-state index in [-0.39, 0.29) is 24.3 Å². The topological polar surface area (TPSA) is 61.4 Å². The number of aliphatic hydroxyl groups excluding tert-OH is 1. The number of carbonyl (C=O) groups is 1. The van der Waals surface area contributed by atoms with Gasteiger partial charge in [0, 0.05) is 23.0 Å². The van der Waals surface area contributed by atoms with Crippen molar-refractivity contribution in [3.63, 3.8) is 0 Å². The van der Waals surface area contributed by atoms with E-state index in [0.29, 0.717) is 4.47 Å². The molecule has 1 saturated carbocycles. The molecule has 2 rings (SSSR count). The van der Waals surface area contributed by atoms with Crippen molar-refractivity contribution in [1.29, 1.82) is 0 Å². The molecule has 104 valence electrons. The molecule has 6 heteroatoms. The number of rotatable bonds is 3. The second-order valence-corrected chi connectivity index (χ2v) is 5.62. The summed E-state index contributed by atoms with van der Waals surface area (Å²) in [6.45, 7) is 0.0657. The van der Waals surface area contributed by atoms with Crippen LogP contribution in [-0.4, -0.2) is 23.8 Å². The van der Waals surface area contributed by atoms with E-state index in [4.69, 9.17) is 0 Å². The second-order valence-electron chi connectivity index (χ2n) is 4.70. The van der Waals surface area contributed by atoms with Gasteiger partial charge < -0.3 is 15.7 Å². The van der Waals surface area contributed by atoms with Gasteiger partial charge >= 0.3 is 6.03 Å². The molecule has 0 saturated heterocycles. The molecule has 3 N–H and O–H groups in total. The first-order valence-electron chi connectivity index (χ1n) is 6.23. The molecule has 0 heterocycles. The predicted octanol–water partition coefficient (Wildman–Crippen LogP) is 2.87. The van der Waals surface area contributed by atoms with E-state index in [2.05, 4.69) is 26.6 Å². The first-order valence-corrected chi connectivity index (χ1v) is 7.03. The Hall–Kier alpha value is -1.14. The smallest absolute Gasteiger partial charge is 0.319 e. The largest absolute Gasteiger partial charge is 0.396 e. The van der Waals surface area contributed by atoms with Crippen LogP contribution < -0.4 is 10.6 Å². The van der Waals surface area contributed by atoms with Crippen molar-refractivity contribution in [2.45, 2.75) is 25.3 Å². The van der Waals surface area contributed by atoms with Crippen molar-refractivity contribution < 1.29 is 14.3 Å². The summed E-state index contributed by atoms with van der Waals surface area (Å²) in [5.41, 5.74) is 0.130. The molecule has 1 aromatic rings. The Morgan fingerprint density at radius 2 is 2.26 bits per heavy atom. The zero-order chi connectivity index (χ0) is 13.8. The average Bonchev–Trinajstić information content (AvgIpc) is 2.81. The maximum absolute atomic E-state index is 13.5. The van der Waals surface area contributed by atoms with Gasteiger partial charge in [-0.05, 0) is 31.0 Å². The van der Waals surface area contributed by atoms with Crippen molar-refractivity contribution in [2.75, 3.05) is 11.9 Å². The van der Waals surface area contributed by atoms with E-state index < -0.39 is 11.8 Å². The molecule has 0 aromatic heterocycles. The summed E-state index contributed by atoms with van der Waals surface area (Å²) in [5, 5.41) is 14.5. The van der Waals surface area contributed by atoms with Crippen LogP contribution in [0.15, 0.2) is 22.7 Å². The van der Waals surface area contributed by atoms with E-state index in [1.54, 1.807) is 6.07 Å². The fraction of sp³-hybridized carbons (Fsp3) is 0.462. The maximum atomic E-state index is 13.5. The van der Waals surface area contributed by atoms with Gasteiger partial charge in [0.15, 0.2) is 0 Å². The summed E-state index contributed by atoms with van der Waals surface area (Å²) < 4.78 is 14.2. The number of amides is 2. The Morgan fingerprint density at radius 3 is 3.00 bits per heavy atom. The molecule has 0 spiro atoms. The van der Waals surface area contributed by atoms with Gasteiger partial charge in [0.05, 0.1) is 5.69 Å². The van der Waals surface area contributed by atoms with E-state index in [1.807, 2.05) is 0 Å². The van der Waals surface area contributed by atoms with E-state index >= 15 is 0 Å². The third-order valence-electron chi connectivity index (χ3n) is 3.39. The van der Waals surface area contributed by atoms with Crippen LogP contribution in [0.2, 0.25) is 0 Å². The lowest BCUT2D eigenvalue weighted by atomic mass is 10.1. The highest BCUT2D eigenvalue weighted by molar-refractivity contribution is 9.10. The molecular weight excluding hydrogens is 315 g/mol. The van der Waals surface area contributed by atoms with Gasteiger partial charge in [-0.1, -0.05) is 22.4 Å². The number of carbonyl (C=O) groups excluding carboxylic acids is 1. The number of urea groups is 1. The number of anilines is 1. The van der Waals surface area contributed by atoms with Crippen molar-refractivity contribution in [3.8, 4) is 0 Å². The van der Waals surface area contributed by atoms with Gasteiger partial charge in [-0.15, -0.1) is 0 Å². The maximum Gasteiger partial charge on any atom is 0.319 e. The molecule has 2 amide bonds. The number of aliphatic hydroxyl groups is 1. The first kappa shape index (κ1) is 14.3. The molecule has 0 bridgehead atoms. The summed E-state index contributed by atoms with van der Waals surface area (Å²) in [5.74, 6) is -0.387. The standard InChI is InChI=1S/C13H16BrFN2O2/c14-9-4-5-10(15)12(6-9)17-13(19)16-11-3-1-2-8(11)7-18/h4-6,8,11,18H,1-3,7H2,(H2,16,17,19)/t8-,11+/m1/s1. The zero-order valence-electron chi connectivity index (χ0n) is 10.3. The van der Waals surface area contributed by atoms with Gasteiger partial charge in [0.25, 0.3) is 0 Å². The third-order valence-corrected chi connectivity index (χ3v) is 3.88. The summed E-state index contributed by atoms with van der Waals surface area (Å²) in [6, 6.07) is 3.87. The average molecular weight is 331 g/mol. The Bertz CT molecular complexity index is 470. The predicted molar refractivity (Wildman–Crippen MR) is 74.5 cm³/mol. The number of benzene rings is 1. The molecule has 0 aliphatic heterocycles. The van der Waals surface area contributed by atoms with E-state index in [9.17, 15) is 14.3 Å². The van der Waals surface area contributed by atoms with Crippen LogP contribution >= 0.6 is 15.9 Å². The lowest BCUT2D eigenvalue weighted by Gasteiger charge is -2.19. The molecule has 1 aliphatic rings. The molecule has 0 unspecified atom stereocenters. The lowest BCUT2D eigenvalue weighted by Crippen LogP contribution is -2.41. The normalized spacial score (nSPS) is 22.3. The highest BCUT2D eigenvalue weighted by Gasteiger charge is 2.27. The molecule has 1 fully saturated rings. The quantitative estimate of drug-likeness (QED) is 0.798. The number of hydrogen-bond donors (Lipinski definition) is 3. The van der Waals surface area contributed by atoms with Crippen molar-refractivity contribution >= 4 is 27.6 Å². The minimum absolute atomic E-state index is 0.0415. The fourth-order valence-electron chi connectivity index (χ4n) is 2.37. The van der Waals surface area contributed by atoms with Crippen LogP contribution in [-0.2, 0) is 0 Å². The molecule has 1 aromatic carbocycles. The monoisotopic (exact) mass is 330 g/mol. The molecule has 0 radical (unpaired) electrons. The van der Waals surface area contributed by atoms with Crippen molar-refractivity contribution in [1.82, 2.24) is 5.32 Å². The third kappa shape index (κ3) is 3.67. The molecule has 4 nitrogen and oxygen atoms in total. The van der Waals surface area contributed by atoms with Crippen LogP contribution in [0.25, 0.3) is 0 Å². The Kier molecular flexibility index (Phi) is 4.76. The van der Waals surface area contributed by atoms with Crippen molar-refractivity contribution in [3.05, 3.63) is 28.5 Å². The van der Waals surface area contributed by atoms with Gasteiger partial charge in [-0.3, -0.25) is 0 Å². The Balaban J connectivity index is 1.95. The van der Waals surface area contributed by atoms with E-state index in [1.165, 1.54) is 12.1 Å². The van der Waals surface area contributed by atoms with Gasteiger partial charge in [0.1, 0.15) is 5.82 Å². The minimum atomic E-state index is -0.483. The Morgan fingerprint density at radius 1 is 1.47 bits per heavy atom. The molecule has 19 heavy (non-hydrogen) atoms. The lowest BCUT2D eigenvalue weighted by molar-refractivity contribution is 0.203. The number of halogens is 2. The Labute approximate surface area is 119 Å². The van der Waals surface area contributed by atoms with Crippen LogP contribution in [0.3, 0.4) is 0 Å². The molecule has 2 atom stereocenters. The molecule has 1 aliphatic carbocycles. The highest BCUT2D eigenvalue weighted by Crippen LogP contribution is 2.25. The van der Waals surface area contributed by atoms with Crippen LogP contribution in [0.5, 0.6) is 0 Å². The number of hydrogen-bond acceptors (Lipinski definition) is 2. The summed E-state index contributed by atoms with van der Waals surface area (Å²) in [6.07, 6.45) is 2.74. The first-order chi connectivity index (χ1) is 9.10. The van der Waals surface area contributed by atoms with Crippen LogP contribution in [0.4, 0.5) is 14.9 Å². The summed E-state index contributed by atoms with van der Waals surface area (Å²) >= 11 is 3.22. The van der Waals surface area contributed by atoms with Gasteiger partial charge in [0.2, 0.25) is 0 Å². The fourth-order valence-corrected chi connectivity index (χ4v) is 2.73. The minimum Gasteiger partial charge on any atom is -0.396 e. The van der Waals surface area contributed by atoms with Gasteiger partial charge in [-0.2, -0.15) is 0 Å². The SMILES string of the molecule is O=C(Nc1cc(Br)ccc1F)N[C@H]1CCC[C@@H]1CO. The zero-order valence-corrected chi connectivity index (χ0v) is 11.9. The second kappa shape index (κ2) is 6.34. The van der Waals surface area contributed by atoms with Gasteiger partial charge in [-0.25, -0.2) is 9.18 Å². The van der Waals surface area contributed by atoms with Crippen molar-refractivity contribution in [2.24, 2.45) is 5.92 Å². The molecular formula is C13H16BrFN2O2. The highest BCUT2D eigenvalue weighted by atomic mass is 79.9. The van der Waals surface area contributed by atoms with Crippen LogP contribution in [0.1, 0.15) is 19.3 Å². The summed E-state index contributed by atoms with van der Waals surface area (Å²) in [7, 11) is 0. The summed E-state index contributed by atoms with van der Waals surface area (Å²) in [4.78, 5) is 11.8.